The van der Waals surface area contributed by atoms with E-state index in [-0.39, 0.29) is 83.2 Å². The van der Waals surface area contributed by atoms with E-state index in [1.54, 1.807) is 0 Å². The van der Waals surface area contributed by atoms with Crippen molar-refractivity contribution < 1.29 is 67.8 Å². The zero-order valence-corrected chi connectivity index (χ0v) is 34.5. The predicted octanol–water partition coefficient (Wildman–Crippen LogP) is 1.75. The first kappa shape index (κ1) is 54.1. The zero-order chi connectivity index (χ0) is 43.1. The average Bonchev–Trinajstić information content (AvgIpc) is 3.17. The molecule has 0 aromatic carbocycles. The first-order chi connectivity index (χ1) is 28.0. The number of carboxylic acids is 3. The SMILES string of the molecule is CCN[C@H](CCCCNC(=O)CC[C@H](NC(=O)COCCOCCNC(=O)COCCOCCNC(=O)CCCCCCCCCCCCC(=O)O)C(=O)O)C(=O)O. The number of unbranched alkanes of at least 4 members (excludes halogenated alkanes) is 10. The lowest BCUT2D eigenvalue weighted by Gasteiger charge is -2.15. The molecule has 0 radical (unpaired) electrons. The highest BCUT2D eigenvalue weighted by atomic mass is 16.5. The molecule has 0 fully saturated rings. The Morgan fingerprint density at radius 1 is 0.448 bits per heavy atom. The molecule has 0 saturated heterocycles. The molecule has 0 aliphatic heterocycles. The number of rotatable bonds is 42. The minimum absolute atomic E-state index is 0.000283. The summed E-state index contributed by atoms with van der Waals surface area (Å²) in [5, 5.41) is 40.5. The lowest BCUT2D eigenvalue weighted by Crippen LogP contribution is -2.43. The third-order valence-electron chi connectivity index (χ3n) is 8.68. The number of hydrogen-bond acceptors (Lipinski definition) is 12. The molecular weight excluding hydrogens is 762 g/mol. The molecule has 0 heterocycles. The summed E-state index contributed by atoms with van der Waals surface area (Å²) in [6, 6.07) is -1.91. The Labute approximate surface area is 342 Å². The van der Waals surface area contributed by atoms with E-state index in [2.05, 4.69) is 26.6 Å². The molecule has 0 spiro atoms. The number of aliphatic carboxylic acids is 3. The molecule has 4 amide bonds. The van der Waals surface area contributed by atoms with Crippen LogP contribution in [0.4, 0.5) is 0 Å². The van der Waals surface area contributed by atoms with Crippen molar-refractivity contribution in [2.75, 3.05) is 79.0 Å². The quantitative estimate of drug-likeness (QED) is 0.0407. The summed E-state index contributed by atoms with van der Waals surface area (Å²) < 4.78 is 21.3. The highest BCUT2D eigenvalue weighted by Gasteiger charge is 2.21. The van der Waals surface area contributed by atoms with Gasteiger partial charge in [-0.15, -0.1) is 0 Å². The van der Waals surface area contributed by atoms with Crippen molar-refractivity contribution in [3.63, 3.8) is 0 Å². The Morgan fingerprint density at radius 2 is 0.914 bits per heavy atom. The summed E-state index contributed by atoms with van der Waals surface area (Å²) in [6.07, 6.45) is 12.5. The molecule has 19 nitrogen and oxygen atoms in total. The number of carbonyl (C=O) groups excluding carboxylic acids is 4. The van der Waals surface area contributed by atoms with Gasteiger partial charge in [-0.25, -0.2) is 4.79 Å². The zero-order valence-electron chi connectivity index (χ0n) is 34.5. The molecule has 0 bridgehead atoms. The van der Waals surface area contributed by atoms with Crippen LogP contribution in [0.25, 0.3) is 0 Å². The van der Waals surface area contributed by atoms with Crippen molar-refractivity contribution in [3.8, 4) is 0 Å². The summed E-state index contributed by atoms with van der Waals surface area (Å²) in [6.45, 7) is 3.97. The number of nitrogens with one attached hydrogen (secondary N) is 5. The van der Waals surface area contributed by atoms with Gasteiger partial charge in [0.2, 0.25) is 23.6 Å². The molecule has 0 aliphatic carbocycles. The summed E-state index contributed by atoms with van der Waals surface area (Å²) in [4.78, 5) is 81.3. The average molecular weight is 834 g/mol. The summed E-state index contributed by atoms with van der Waals surface area (Å²) >= 11 is 0. The topological polar surface area (TPSA) is 277 Å². The van der Waals surface area contributed by atoms with Crippen molar-refractivity contribution in [2.24, 2.45) is 0 Å². The fraction of sp³-hybridized carbons (Fsp3) is 0.821. The molecule has 0 aromatic heterocycles. The van der Waals surface area contributed by atoms with Gasteiger partial charge < -0.3 is 60.9 Å². The van der Waals surface area contributed by atoms with Crippen LogP contribution in [0.1, 0.15) is 116 Å². The third kappa shape index (κ3) is 36.4. The van der Waals surface area contributed by atoms with E-state index in [4.69, 9.17) is 29.2 Å². The monoisotopic (exact) mass is 833 g/mol. The Kier molecular flexibility index (Phi) is 36.0. The first-order valence-corrected chi connectivity index (χ1v) is 20.8. The van der Waals surface area contributed by atoms with Gasteiger partial charge in [-0.2, -0.15) is 0 Å². The molecule has 0 saturated carbocycles. The van der Waals surface area contributed by atoms with Crippen LogP contribution >= 0.6 is 0 Å². The number of amides is 4. The Bertz CT molecular complexity index is 1150. The van der Waals surface area contributed by atoms with E-state index >= 15 is 0 Å². The third-order valence-corrected chi connectivity index (χ3v) is 8.68. The molecule has 0 aromatic rings. The molecule has 0 aliphatic rings. The maximum absolute atomic E-state index is 12.1. The van der Waals surface area contributed by atoms with E-state index in [9.17, 15) is 38.7 Å². The molecular formula is C39H71N5O14. The smallest absolute Gasteiger partial charge is 0.326 e. The lowest BCUT2D eigenvalue weighted by molar-refractivity contribution is -0.143. The van der Waals surface area contributed by atoms with Crippen molar-refractivity contribution >= 4 is 41.5 Å². The maximum Gasteiger partial charge on any atom is 0.326 e. The van der Waals surface area contributed by atoms with Crippen LogP contribution in [0.5, 0.6) is 0 Å². The van der Waals surface area contributed by atoms with Gasteiger partial charge in [-0.05, 0) is 45.1 Å². The second-order valence-electron chi connectivity index (χ2n) is 13.8. The Morgan fingerprint density at radius 3 is 1.45 bits per heavy atom. The van der Waals surface area contributed by atoms with Crippen molar-refractivity contribution in [3.05, 3.63) is 0 Å². The van der Waals surface area contributed by atoms with E-state index in [0.29, 0.717) is 51.9 Å². The summed E-state index contributed by atoms with van der Waals surface area (Å²) in [5.41, 5.74) is 0. The van der Waals surface area contributed by atoms with Gasteiger partial charge in [-0.3, -0.25) is 28.8 Å². The number of likely N-dealkylation sites (N-methyl/N-ethyl adjacent to an activating group) is 1. The van der Waals surface area contributed by atoms with Gasteiger partial charge in [0.1, 0.15) is 25.3 Å². The minimum atomic E-state index is -1.28. The van der Waals surface area contributed by atoms with E-state index in [1.807, 2.05) is 6.92 Å². The van der Waals surface area contributed by atoms with Crippen molar-refractivity contribution in [1.29, 1.82) is 0 Å². The molecule has 19 heteroatoms. The highest BCUT2D eigenvalue weighted by molar-refractivity contribution is 5.85. The predicted molar refractivity (Wildman–Crippen MR) is 213 cm³/mol. The molecule has 0 rings (SSSR count). The van der Waals surface area contributed by atoms with E-state index in [0.717, 1.165) is 51.4 Å². The number of hydrogen-bond donors (Lipinski definition) is 8. The van der Waals surface area contributed by atoms with Crippen LogP contribution in [0.15, 0.2) is 0 Å². The van der Waals surface area contributed by atoms with Gasteiger partial charge >= 0.3 is 17.9 Å². The fourth-order valence-corrected chi connectivity index (χ4v) is 5.53. The number of ether oxygens (including phenoxy) is 4. The molecule has 2 atom stereocenters. The second-order valence-corrected chi connectivity index (χ2v) is 13.8. The number of carboxylic acid groups (broad SMARTS) is 3. The molecule has 336 valence electrons. The van der Waals surface area contributed by atoms with E-state index in [1.165, 1.54) is 12.8 Å². The Balaban J connectivity index is 3.66. The van der Waals surface area contributed by atoms with Gasteiger partial charge in [0, 0.05) is 38.9 Å². The van der Waals surface area contributed by atoms with Gasteiger partial charge in [0.25, 0.3) is 0 Å². The van der Waals surface area contributed by atoms with Gasteiger partial charge in [-0.1, -0.05) is 58.3 Å². The lowest BCUT2D eigenvalue weighted by atomic mass is 10.1. The van der Waals surface area contributed by atoms with Crippen molar-refractivity contribution in [2.45, 2.75) is 128 Å². The van der Waals surface area contributed by atoms with Crippen LogP contribution in [0.2, 0.25) is 0 Å². The van der Waals surface area contributed by atoms with E-state index < -0.39 is 42.5 Å². The first-order valence-electron chi connectivity index (χ1n) is 20.8. The summed E-state index contributed by atoms with van der Waals surface area (Å²) in [7, 11) is 0. The summed E-state index contributed by atoms with van der Waals surface area (Å²) in [5.74, 6) is -4.30. The molecule has 0 unspecified atom stereocenters. The molecule has 58 heavy (non-hydrogen) atoms. The highest BCUT2D eigenvalue weighted by Crippen LogP contribution is 2.12. The van der Waals surface area contributed by atoms with Crippen LogP contribution in [-0.2, 0) is 52.5 Å². The van der Waals surface area contributed by atoms with Crippen molar-refractivity contribution in [1.82, 2.24) is 26.6 Å². The fourth-order valence-electron chi connectivity index (χ4n) is 5.53. The maximum atomic E-state index is 12.1. The Hall–Kier alpha value is -3.91. The van der Waals surface area contributed by atoms with Crippen LogP contribution < -0.4 is 26.6 Å². The van der Waals surface area contributed by atoms with Crippen LogP contribution in [0, 0.1) is 0 Å². The number of carbonyl (C=O) groups is 7. The standard InChI is InChI=1S/C39H71N5O14/c1-2-40-31(38(51)52)15-13-14-20-41-34(46)19-18-32(39(53)54)44-36(48)30-58-28-26-56-24-22-43-35(47)29-57-27-25-55-23-21-42-33(45)16-11-9-7-5-3-4-6-8-10-12-17-37(49)50/h31-32,40H,2-30H2,1H3,(H,41,46)(H,42,45)(H,43,47)(H,44,48)(H,49,50)(H,51,52)(H,53,54)/t31-,32+/m1/s1. The van der Waals surface area contributed by atoms with Gasteiger partial charge in [0.05, 0.1) is 39.6 Å². The van der Waals surface area contributed by atoms with Crippen LogP contribution in [-0.4, -0.2) is 148 Å². The normalized spacial score (nSPS) is 12.0. The largest absolute Gasteiger partial charge is 0.481 e. The minimum Gasteiger partial charge on any atom is -0.481 e. The van der Waals surface area contributed by atoms with Crippen LogP contribution in [0.3, 0.4) is 0 Å². The molecule has 8 N–H and O–H groups in total. The second kappa shape index (κ2) is 38.6. The van der Waals surface area contributed by atoms with Gasteiger partial charge in [0.15, 0.2) is 0 Å².